The smallest absolute Gasteiger partial charge is 0.120 e. The average Bonchev–Trinajstić information content (AvgIpc) is 3.25. The number of aliphatic hydroxyl groups excluding tert-OH is 1. The van der Waals surface area contributed by atoms with Crippen LogP contribution in [0.3, 0.4) is 0 Å². The number of methoxy groups -OCH3 is 1. The first-order valence-electron chi connectivity index (χ1n) is 7.15. The Labute approximate surface area is 115 Å². The summed E-state index contributed by atoms with van der Waals surface area (Å²) in [6.07, 6.45) is 3.56. The van der Waals surface area contributed by atoms with Gasteiger partial charge < -0.3 is 14.6 Å². The summed E-state index contributed by atoms with van der Waals surface area (Å²) in [5.41, 5.74) is 0.349. The monoisotopic (exact) mass is 264 g/mol. The molecule has 1 unspecified atom stereocenters. The van der Waals surface area contributed by atoms with Crippen molar-refractivity contribution < 1.29 is 14.6 Å². The molecular formula is C16H24O3. The van der Waals surface area contributed by atoms with Gasteiger partial charge in [0.05, 0.1) is 11.7 Å². The summed E-state index contributed by atoms with van der Waals surface area (Å²) < 4.78 is 11.4. The van der Waals surface area contributed by atoms with Crippen molar-refractivity contribution in [1.29, 1.82) is 0 Å². The second-order valence-electron chi connectivity index (χ2n) is 5.27. The maximum absolute atomic E-state index is 10.6. The second-order valence-corrected chi connectivity index (χ2v) is 5.27. The third-order valence-corrected chi connectivity index (χ3v) is 4.10. The molecule has 0 heterocycles. The Kier molecular flexibility index (Phi) is 4.48. The molecular weight excluding hydrogens is 240 g/mol. The van der Waals surface area contributed by atoms with Crippen molar-refractivity contribution in [2.75, 3.05) is 7.11 Å². The van der Waals surface area contributed by atoms with Crippen LogP contribution in [0.2, 0.25) is 0 Å². The zero-order valence-corrected chi connectivity index (χ0v) is 12.1. The third kappa shape index (κ3) is 3.10. The minimum Gasteiger partial charge on any atom is -0.490 e. The van der Waals surface area contributed by atoms with Gasteiger partial charge in [-0.25, -0.2) is 0 Å². The zero-order chi connectivity index (χ0) is 13.9. The molecule has 1 aromatic carbocycles. The van der Waals surface area contributed by atoms with Gasteiger partial charge in [0.25, 0.3) is 0 Å². The first-order chi connectivity index (χ1) is 9.15. The van der Waals surface area contributed by atoms with E-state index in [4.69, 9.17) is 9.47 Å². The molecule has 0 radical (unpaired) electrons. The average molecular weight is 264 g/mol. The van der Waals surface area contributed by atoms with Crippen LogP contribution in [0.4, 0.5) is 0 Å². The molecule has 0 aromatic heterocycles. The van der Waals surface area contributed by atoms with Crippen molar-refractivity contribution in [3.8, 4) is 5.75 Å². The van der Waals surface area contributed by atoms with Gasteiger partial charge in [-0.3, -0.25) is 0 Å². The molecule has 0 saturated heterocycles. The van der Waals surface area contributed by atoms with Gasteiger partial charge in [-0.15, -0.1) is 0 Å². The Hall–Kier alpha value is -1.06. The molecule has 1 aliphatic rings. The van der Waals surface area contributed by atoms with Crippen molar-refractivity contribution in [3.05, 3.63) is 29.8 Å². The lowest BCUT2D eigenvalue weighted by molar-refractivity contribution is -0.109. The third-order valence-electron chi connectivity index (χ3n) is 4.10. The number of ether oxygens (including phenoxy) is 2. The fourth-order valence-corrected chi connectivity index (χ4v) is 2.48. The predicted octanol–water partition coefficient (Wildman–Crippen LogP) is 3.47. The highest BCUT2D eigenvalue weighted by atomic mass is 16.5. The molecule has 1 N–H and O–H groups in total. The minimum absolute atomic E-state index is 0.372. The summed E-state index contributed by atoms with van der Waals surface area (Å²) >= 11 is 0. The number of hydrogen-bond acceptors (Lipinski definition) is 3. The quantitative estimate of drug-likeness (QED) is 0.819. The molecule has 0 bridgehead atoms. The van der Waals surface area contributed by atoms with Crippen LogP contribution in [0, 0.1) is 0 Å². The van der Waals surface area contributed by atoms with Gasteiger partial charge in [0, 0.05) is 7.11 Å². The normalized spacial score (nSPS) is 17.3. The second kappa shape index (κ2) is 5.93. The van der Waals surface area contributed by atoms with Crippen LogP contribution in [0.5, 0.6) is 5.75 Å². The molecule has 19 heavy (non-hydrogen) atoms. The lowest BCUT2D eigenvalue weighted by atomic mass is 9.86. The van der Waals surface area contributed by atoms with Crippen LogP contribution >= 0.6 is 0 Å². The van der Waals surface area contributed by atoms with E-state index in [9.17, 15) is 5.11 Å². The lowest BCUT2D eigenvalue weighted by Crippen LogP contribution is -2.37. The van der Waals surface area contributed by atoms with Gasteiger partial charge in [-0.1, -0.05) is 26.0 Å². The molecule has 1 aromatic rings. The van der Waals surface area contributed by atoms with Crippen LogP contribution in [-0.4, -0.2) is 23.9 Å². The van der Waals surface area contributed by atoms with Crippen molar-refractivity contribution in [1.82, 2.24) is 0 Å². The van der Waals surface area contributed by atoms with Gasteiger partial charge >= 0.3 is 0 Å². The molecule has 0 amide bonds. The molecule has 0 spiro atoms. The highest BCUT2D eigenvalue weighted by Crippen LogP contribution is 2.36. The lowest BCUT2D eigenvalue weighted by Gasteiger charge is -2.35. The maximum Gasteiger partial charge on any atom is 0.120 e. The number of benzene rings is 1. The fourth-order valence-electron chi connectivity index (χ4n) is 2.48. The van der Waals surface area contributed by atoms with Crippen molar-refractivity contribution >= 4 is 0 Å². The van der Waals surface area contributed by atoms with E-state index in [1.807, 2.05) is 38.1 Å². The number of rotatable bonds is 7. The van der Waals surface area contributed by atoms with E-state index in [2.05, 4.69) is 0 Å². The topological polar surface area (TPSA) is 38.7 Å². The van der Waals surface area contributed by atoms with E-state index in [1.54, 1.807) is 7.11 Å². The molecule has 0 aliphatic heterocycles. The zero-order valence-electron chi connectivity index (χ0n) is 12.1. The van der Waals surface area contributed by atoms with E-state index in [-0.39, 0.29) is 0 Å². The first-order valence-corrected chi connectivity index (χ1v) is 7.15. The van der Waals surface area contributed by atoms with Crippen LogP contribution in [0.25, 0.3) is 0 Å². The van der Waals surface area contributed by atoms with Gasteiger partial charge in [-0.2, -0.15) is 0 Å². The molecule has 106 valence electrons. The summed E-state index contributed by atoms with van der Waals surface area (Å²) in [4.78, 5) is 0. The summed E-state index contributed by atoms with van der Waals surface area (Å²) in [5.74, 6) is 0.844. The van der Waals surface area contributed by atoms with E-state index in [1.165, 1.54) is 0 Å². The van der Waals surface area contributed by atoms with Crippen LogP contribution < -0.4 is 4.74 Å². The molecule has 2 rings (SSSR count). The summed E-state index contributed by atoms with van der Waals surface area (Å²) in [6.45, 7) is 4.08. The Morgan fingerprint density at radius 2 is 2.00 bits per heavy atom. The molecule has 1 aliphatic carbocycles. The van der Waals surface area contributed by atoms with Gasteiger partial charge in [0.15, 0.2) is 0 Å². The van der Waals surface area contributed by atoms with Crippen LogP contribution in [-0.2, 0) is 4.74 Å². The Morgan fingerprint density at radius 1 is 1.32 bits per heavy atom. The molecule has 1 atom stereocenters. The van der Waals surface area contributed by atoms with Gasteiger partial charge in [0.2, 0.25) is 0 Å². The Balaban J connectivity index is 2.18. The standard InChI is InChI=1S/C16H24O3/c1-4-16(5-2,18-3)15(17)12-7-6-8-14(11-12)19-13-9-10-13/h6-8,11,13,15,17H,4-5,9-10H2,1-3H3. The highest BCUT2D eigenvalue weighted by Gasteiger charge is 2.36. The molecule has 3 nitrogen and oxygen atoms in total. The van der Waals surface area contributed by atoms with Gasteiger partial charge in [0.1, 0.15) is 11.9 Å². The number of aliphatic hydroxyl groups is 1. The van der Waals surface area contributed by atoms with Crippen molar-refractivity contribution in [3.63, 3.8) is 0 Å². The Morgan fingerprint density at radius 3 is 2.53 bits per heavy atom. The van der Waals surface area contributed by atoms with Crippen molar-refractivity contribution in [2.24, 2.45) is 0 Å². The van der Waals surface area contributed by atoms with E-state index in [0.717, 1.165) is 37.0 Å². The fraction of sp³-hybridized carbons (Fsp3) is 0.625. The van der Waals surface area contributed by atoms with E-state index in [0.29, 0.717) is 6.10 Å². The molecule has 1 fully saturated rings. The molecule has 3 heteroatoms. The first kappa shape index (κ1) is 14.4. The SMILES string of the molecule is CCC(CC)(OC)C(O)c1cccc(OC2CC2)c1. The van der Waals surface area contributed by atoms with Crippen LogP contribution in [0.1, 0.15) is 51.2 Å². The highest BCUT2D eigenvalue weighted by molar-refractivity contribution is 5.31. The largest absolute Gasteiger partial charge is 0.490 e. The molecule has 1 saturated carbocycles. The van der Waals surface area contributed by atoms with Crippen LogP contribution in [0.15, 0.2) is 24.3 Å². The summed E-state index contributed by atoms with van der Waals surface area (Å²) in [6, 6.07) is 7.74. The summed E-state index contributed by atoms with van der Waals surface area (Å²) in [7, 11) is 1.67. The van der Waals surface area contributed by atoms with Gasteiger partial charge in [-0.05, 0) is 43.4 Å². The van der Waals surface area contributed by atoms with E-state index < -0.39 is 11.7 Å². The predicted molar refractivity (Wildman–Crippen MR) is 75.4 cm³/mol. The van der Waals surface area contributed by atoms with Crippen molar-refractivity contribution in [2.45, 2.75) is 57.3 Å². The number of hydrogen-bond donors (Lipinski definition) is 1. The maximum atomic E-state index is 10.6. The van der Waals surface area contributed by atoms with E-state index >= 15 is 0 Å². The minimum atomic E-state index is -0.629. The summed E-state index contributed by atoms with van der Waals surface area (Å²) in [5, 5.41) is 10.6. The Bertz CT molecular complexity index is 400.